The Bertz CT molecular complexity index is 104. The van der Waals surface area contributed by atoms with Gasteiger partial charge in [0.2, 0.25) is 0 Å². The van der Waals surface area contributed by atoms with Crippen LogP contribution in [0.15, 0.2) is 0 Å². The normalized spacial score (nSPS) is 13.8. The van der Waals surface area contributed by atoms with E-state index in [-0.39, 0.29) is 5.97 Å². The third-order valence-corrected chi connectivity index (χ3v) is 1.05. The molecule has 0 rings (SSSR count). The van der Waals surface area contributed by atoms with Crippen LogP contribution in [0.4, 0.5) is 0 Å². The van der Waals surface area contributed by atoms with Crippen LogP contribution in [0.1, 0.15) is 27.7 Å². The summed E-state index contributed by atoms with van der Waals surface area (Å²) in [6.45, 7) is 6.75. The molecular weight excluding hydrogens is 160 g/mol. The molecule has 0 aromatic carbocycles. The van der Waals surface area contributed by atoms with Gasteiger partial charge in [0.1, 0.15) is 0 Å². The van der Waals surface area contributed by atoms with Gasteiger partial charge in [-0.15, -0.1) is 0 Å². The number of aliphatic hydroxyl groups excluding tert-OH is 2. The van der Waals surface area contributed by atoms with Gasteiger partial charge in [0, 0.05) is 6.92 Å². The molecule has 0 aliphatic rings. The zero-order valence-electron chi connectivity index (χ0n) is 8.07. The highest BCUT2D eigenvalue weighted by Crippen LogP contribution is 1.85. The summed E-state index contributed by atoms with van der Waals surface area (Å²) < 4.78 is 4.40. The molecule has 0 amide bonds. The number of hydrogen-bond donors (Lipinski definition) is 2. The van der Waals surface area contributed by atoms with E-state index in [0.717, 1.165) is 0 Å². The molecular formula is C8H18O4. The molecule has 4 heteroatoms. The summed E-state index contributed by atoms with van der Waals surface area (Å²) in [6, 6.07) is 0. The van der Waals surface area contributed by atoms with E-state index in [1.807, 2.05) is 0 Å². The average molecular weight is 178 g/mol. The predicted molar refractivity (Wildman–Crippen MR) is 45.7 cm³/mol. The molecule has 0 saturated carbocycles. The summed E-state index contributed by atoms with van der Waals surface area (Å²) >= 11 is 0. The van der Waals surface area contributed by atoms with Crippen molar-refractivity contribution in [2.75, 3.05) is 6.61 Å². The van der Waals surface area contributed by atoms with Gasteiger partial charge in [-0.05, 0) is 20.8 Å². The second-order valence-electron chi connectivity index (χ2n) is 2.41. The topological polar surface area (TPSA) is 66.8 Å². The van der Waals surface area contributed by atoms with Crippen LogP contribution >= 0.6 is 0 Å². The molecule has 0 aliphatic heterocycles. The number of carbonyl (C=O) groups is 1. The van der Waals surface area contributed by atoms with Crippen molar-refractivity contribution in [1.29, 1.82) is 0 Å². The first-order chi connectivity index (χ1) is 5.41. The van der Waals surface area contributed by atoms with Gasteiger partial charge in [0.05, 0.1) is 18.8 Å². The van der Waals surface area contributed by atoms with E-state index in [1.54, 1.807) is 20.8 Å². The maximum Gasteiger partial charge on any atom is 0.302 e. The molecule has 0 aromatic rings. The van der Waals surface area contributed by atoms with Crippen LogP contribution in [0.2, 0.25) is 0 Å². The Kier molecular flexibility index (Phi) is 9.86. The van der Waals surface area contributed by atoms with Crippen LogP contribution in [-0.4, -0.2) is 35.0 Å². The number of aliphatic hydroxyl groups is 2. The molecule has 0 bridgehead atoms. The summed E-state index contributed by atoms with van der Waals surface area (Å²) in [4.78, 5) is 9.82. The van der Waals surface area contributed by atoms with E-state index in [1.165, 1.54) is 6.92 Å². The lowest BCUT2D eigenvalue weighted by atomic mass is 10.3. The molecule has 0 heterocycles. The van der Waals surface area contributed by atoms with Crippen molar-refractivity contribution in [2.24, 2.45) is 0 Å². The Balaban J connectivity index is 0. The van der Waals surface area contributed by atoms with Crippen LogP contribution in [0.3, 0.4) is 0 Å². The highest BCUT2D eigenvalue weighted by atomic mass is 16.5. The molecule has 2 unspecified atom stereocenters. The largest absolute Gasteiger partial charge is 0.466 e. The monoisotopic (exact) mass is 178 g/mol. The van der Waals surface area contributed by atoms with Crippen molar-refractivity contribution in [3.05, 3.63) is 0 Å². The lowest BCUT2D eigenvalue weighted by Crippen LogP contribution is -2.17. The molecule has 2 N–H and O–H groups in total. The number of rotatable bonds is 2. The van der Waals surface area contributed by atoms with Crippen LogP contribution < -0.4 is 0 Å². The van der Waals surface area contributed by atoms with E-state index < -0.39 is 12.2 Å². The lowest BCUT2D eigenvalue weighted by molar-refractivity contribution is -0.140. The fourth-order valence-electron chi connectivity index (χ4n) is 0.203. The molecule has 12 heavy (non-hydrogen) atoms. The Labute approximate surface area is 73.2 Å². The first kappa shape index (κ1) is 13.9. The highest BCUT2D eigenvalue weighted by Gasteiger charge is 1.99. The molecule has 0 fully saturated rings. The first-order valence-corrected chi connectivity index (χ1v) is 3.91. The molecule has 2 atom stereocenters. The number of ether oxygens (including phenoxy) is 1. The van der Waals surface area contributed by atoms with E-state index in [9.17, 15) is 4.79 Å². The van der Waals surface area contributed by atoms with Crippen molar-refractivity contribution in [1.82, 2.24) is 0 Å². The Morgan fingerprint density at radius 2 is 1.67 bits per heavy atom. The van der Waals surface area contributed by atoms with Gasteiger partial charge in [0.25, 0.3) is 0 Å². The SMILES string of the molecule is CC(O)C(C)O.CCOC(C)=O. The Morgan fingerprint density at radius 1 is 1.33 bits per heavy atom. The second-order valence-corrected chi connectivity index (χ2v) is 2.41. The quantitative estimate of drug-likeness (QED) is 0.597. The van der Waals surface area contributed by atoms with E-state index >= 15 is 0 Å². The van der Waals surface area contributed by atoms with Gasteiger partial charge >= 0.3 is 5.97 Å². The minimum absolute atomic E-state index is 0.211. The molecule has 74 valence electrons. The summed E-state index contributed by atoms with van der Waals surface area (Å²) in [5.41, 5.74) is 0. The minimum Gasteiger partial charge on any atom is -0.466 e. The maximum atomic E-state index is 9.82. The van der Waals surface area contributed by atoms with E-state index in [4.69, 9.17) is 10.2 Å². The smallest absolute Gasteiger partial charge is 0.302 e. The summed E-state index contributed by atoms with van der Waals surface area (Å²) in [6.07, 6.45) is -1.19. The molecule has 0 radical (unpaired) electrons. The lowest BCUT2D eigenvalue weighted by Gasteiger charge is -2.03. The minimum atomic E-state index is -0.593. The standard InChI is InChI=1S/C4H8O2.C4H10O2/c1-3-6-4(2)5;1-3(5)4(2)6/h3H2,1-2H3;3-6H,1-2H3. The van der Waals surface area contributed by atoms with Gasteiger partial charge in [-0.25, -0.2) is 0 Å². The summed E-state index contributed by atoms with van der Waals surface area (Å²) in [5, 5.41) is 16.8. The van der Waals surface area contributed by atoms with Gasteiger partial charge in [-0.1, -0.05) is 0 Å². The van der Waals surface area contributed by atoms with Crippen molar-refractivity contribution >= 4 is 5.97 Å². The molecule has 0 saturated heterocycles. The summed E-state index contributed by atoms with van der Waals surface area (Å²) in [7, 11) is 0. The molecule has 0 aromatic heterocycles. The highest BCUT2D eigenvalue weighted by molar-refractivity contribution is 5.65. The van der Waals surface area contributed by atoms with Gasteiger partial charge in [-0.2, -0.15) is 0 Å². The fourth-order valence-corrected chi connectivity index (χ4v) is 0.203. The van der Waals surface area contributed by atoms with Crippen molar-refractivity contribution in [3.63, 3.8) is 0 Å². The third kappa shape index (κ3) is 16.2. The molecule has 0 spiro atoms. The number of carbonyl (C=O) groups excluding carboxylic acids is 1. The zero-order chi connectivity index (χ0) is 10.1. The number of esters is 1. The number of hydrogen-bond acceptors (Lipinski definition) is 4. The first-order valence-electron chi connectivity index (χ1n) is 3.91. The third-order valence-electron chi connectivity index (χ3n) is 1.05. The van der Waals surface area contributed by atoms with Gasteiger partial charge < -0.3 is 14.9 Å². The van der Waals surface area contributed by atoms with Crippen LogP contribution in [0, 0.1) is 0 Å². The summed E-state index contributed by atoms with van der Waals surface area (Å²) in [5.74, 6) is -0.211. The molecule has 0 aliphatic carbocycles. The second kappa shape index (κ2) is 8.49. The maximum absolute atomic E-state index is 9.82. The van der Waals surface area contributed by atoms with Crippen LogP contribution in [-0.2, 0) is 9.53 Å². The van der Waals surface area contributed by atoms with Crippen LogP contribution in [0.5, 0.6) is 0 Å². The van der Waals surface area contributed by atoms with Crippen molar-refractivity contribution in [3.8, 4) is 0 Å². The van der Waals surface area contributed by atoms with Gasteiger partial charge in [0.15, 0.2) is 0 Å². The van der Waals surface area contributed by atoms with E-state index in [2.05, 4.69) is 4.74 Å². The fraction of sp³-hybridized carbons (Fsp3) is 0.875. The van der Waals surface area contributed by atoms with Crippen molar-refractivity contribution < 1.29 is 19.7 Å². The average Bonchev–Trinajstić information content (AvgIpc) is 1.87. The van der Waals surface area contributed by atoms with Gasteiger partial charge in [-0.3, -0.25) is 4.79 Å². The predicted octanol–water partition coefficient (Wildman–Crippen LogP) is 0.317. The molecule has 4 nitrogen and oxygen atoms in total. The Morgan fingerprint density at radius 3 is 1.67 bits per heavy atom. The van der Waals surface area contributed by atoms with E-state index in [0.29, 0.717) is 6.61 Å². The Hall–Kier alpha value is -0.610. The van der Waals surface area contributed by atoms with Crippen molar-refractivity contribution in [2.45, 2.75) is 39.9 Å². The van der Waals surface area contributed by atoms with Crippen LogP contribution in [0.25, 0.3) is 0 Å². The zero-order valence-corrected chi connectivity index (χ0v) is 8.07.